The quantitative estimate of drug-likeness (QED) is 0.477. The molecule has 0 unspecified atom stereocenters. The Morgan fingerprint density at radius 2 is 1.67 bits per heavy atom. The molecule has 0 spiro atoms. The molecule has 9 heteroatoms. The smallest absolute Gasteiger partial charge is 0.335 e. The number of carboxylic acid groups (broad SMARTS) is 1. The van der Waals surface area contributed by atoms with Gasteiger partial charge in [0.05, 0.1) is 12.1 Å². The molecule has 0 atom stereocenters. The fraction of sp³-hybridized carbons (Fsp3) is 0.200. The molecule has 0 aromatic heterocycles. The van der Waals surface area contributed by atoms with Crippen molar-refractivity contribution >= 4 is 23.6 Å². The molecule has 0 radical (unpaired) electrons. The minimum Gasteiger partial charge on any atom is -0.478 e. The predicted molar refractivity (Wildman–Crippen MR) is 146 cm³/mol. The molecule has 9 nitrogen and oxygen atoms in total. The molecule has 0 saturated carbocycles. The Morgan fingerprint density at radius 1 is 0.897 bits per heavy atom. The molecule has 2 aliphatic heterocycles. The number of piperazine rings is 1. The first-order valence-corrected chi connectivity index (χ1v) is 12.7. The molecule has 3 aromatic carbocycles. The van der Waals surface area contributed by atoms with E-state index in [-0.39, 0.29) is 23.9 Å². The number of allylic oxidation sites excluding steroid dienone is 1. The molecular weight excluding hydrogens is 496 g/mol. The number of nitrogens with one attached hydrogen (secondary N) is 1. The summed E-state index contributed by atoms with van der Waals surface area (Å²) in [5.74, 6) is 0.945. The van der Waals surface area contributed by atoms with Crippen LogP contribution in [0.4, 0.5) is 0 Å². The van der Waals surface area contributed by atoms with Crippen LogP contribution in [-0.2, 0) is 11.3 Å². The number of ether oxygens (including phenoxy) is 1. The van der Waals surface area contributed by atoms with Crippen molar-refractivity contribution in [2.75, 3.05) is 19.6 Å². The molecule has 0 bridgehead atoms. The normalized spacial score (nSPS) is 15.3. The Labute approximate surface area is 226 Å². The fourth-order valence-electron chi connectivity index (χ4n) is 4.50. The van der Waals surface area contributed by atoms with E-state index in [1.165, 1.54) is 6.07 Å². The highest BCUT2D eigenvalue weighted by atomic mass is 16.5. The Kier molecular flexibility index (Phi) is 7.68. The molecule has 2 aliphatic rings. The molecular formula is C30H28N4O5. The molecule has 1 fully saturated rings. The molecule has 2 heterocycles. The lowest BCUT2D eigenvalue weighted by molar-refractivity contribution is -0.135. The van der Waals surface area contributed by atoms with Crippen LogP contribution in [-0.4, -0.2) is 58.2 Å². The predicted octanol–water partition coefficient (Wildman–Crippen LogP) is 4.29. The van der Waals surface area contributed by atoms with Crippen molar-refractivity contribution in [1.82, 2.24) is 15.1 Å². The van der Waals surface area contributed by atoms with Crippen LogP contribution < -0.4 is 10.1 Å². The lowest BCUT2D eigenvalue weighted by Crippen LogP contribution is -2.52. The van der Waals surface area contributed by atoms with E-state index in [1.54, 1.807) is 47.5 Å². The summed E-state index contributed by atoms with van der Waals surface area (Å²) in [4.78, 5) is 45.0. The summed E-state index contributed by atoms with van der Waals surface area (Å²) in [6.07, 6.45) is 2.87. The van der Waals surface area contributed by atoms with E-state index in [2.05, 4.69) is 10.3 Å². The van der Waals surface area contributed by atoms with Crippen LogP contribution in [0.3, 0.4) is 0 Å². The zero-order valence-corrected chi connectivity index (χ0v) is 21.2. The van der Waals surface area contributed by atoms with Gasteiger partial charge in [0.1, 0.15) is 17.3 Å². The SMILES string of the molecule is O=C(O)c1cccc(CN2CCN(C3=NC=C(NC(=O)c4ccc(Oc5ccccc5)cc4)CC3)CC2=O)c1. The fourth-order valence-corrected chi connectivity index (χ4v) is 4.50. The maximum Gasteiger partial charge on any atom is 0.335 e. The van der Waals surface area contributed by atoms with E-state index >= 15 is 0 Å². The number of amides is 2. The number of nitrogens with zero attached hydrogens (tertiary/aromatic N) is 3. The van der Waals surface area contributed by atoms with Crippen LogP contribution in [0.2, 0.25) is 0 Å². The second kappa shape index (κ2) is 11.6. The molecule has 39 heavy (non-hydrogen) atoms. The van der Waals surface area contributed by atoms with Gasteiger partial charge in [-0.1, -0.05) is 30.3 Å². The van der Waals surface area contributed by atoms with Crippen LogP contribution in [0.5, 0.6) is 11.5 Å². The number of carbonyl (C=O) groups is 3. The molecule has 1 saturated heterocycles. The van der Waals surface area contributed by atoms with E-state index in [9.17, 15) is 19.5 Å². The van der Waals surface area contributed by atoms with Crippen molar-refractivity contribution in [2.24, 2.45) is 4.99 Å². The number of carbonyl (C=O) groups excluding carboxylic acids is 2. The highest BCUT2D eigenvalue weighted by Crippen LogP contribution is 2.22. The van der Waals surface area contributed by atoms with Gasteiger partial charge < -0.3 is 25.0 Å². The van der Waals surface area contributed by atoms with Gasteiger partial charge in [0.15, 0.2) is 0 Å². The van der Waals surface area contributed by atoms with Gasteiger partial charge >= 0.3 is 5.97 Å². The molecule has 2 amide bonds. The monoisotopic (exact) mass is 524 g/mol. The van der Waals surface area contributed by atoms with Gasteiger partial charge in [0.25, 0.3) is 5.91 Å². The molecule has 5 rings (SSSR count). The summed E-state index contributed by atoms with van der Waals surface area (Å²) in [5, 5.41) is 12.1. The lowest BCUT2D eigenvalue weighted by atomic mass is 10.1. The first-order valence-electron chi connectivity index (χ1n) is 12.7. The van der Waals surface area contributed by atoms with E-state index in [4.69, 9.17) is 4.74 Å². The number of rotatable bonds is 7. The number of hydrogen-bond acceptors (Lipinski definition) is 6. The minimum absolute atomic E-state index is 0.0348. The van der Waals surface area contributed by atoms with Crippen molar-refractivity contribution in [3.63, 3.8) is 0 Å². The van der Waals surface area contributed by atoms with Crippen LogP contribution >= 0.6 is 0 Å². The maximum absolute atomic E-state index is 12.8. The molecule has 2 N–H and O–H groups in total. The second-order valence-corrected chi connectivity index (χ2v) is 9.34. The second-order valence-electron chi connectivity index (χ2n) is 9.34. The molecule has 3 aromatic rings. The first-order chi connectivity index (χ1) is 18.9. The zero-order chi connectivity index (χ0) is 27.2. The Hall–Kier alpha value is -4.92. The number of para-hydroxylation sites is 1. The number of aromatic carboxylic acids is 1. The van der Waals surface area contributed by atoms with Gasteiger partial charge in [-0.25, -0.2) is 9.79 Å². The van der Waals surface area contributed by atoms with Gasteiger partial charge in [-0.2, -0.15) is 0 Å². The number of carboxylic acids is 1. The Bertz CT molecular complexity index is 1430. The van der Waals surface area contributed by atoms with Gasteiger partial charge in [-0.15, -0.1) is 0 Å². The van der Waals surface area contributed by atoms with Crippen LogP contribution in [0.1, 0.15) is 39.1 Å². The van der Waals surface area contributed by atoms with Gasteiger partial charge in [0.2, 0.25) is 5.91 Å². The lowest BCUT2D eigenvalue weighted by Gasteiger charge is -2.36. The van der Waals surface area contributed by atoms with Crippen LogP contribution in [0.25, 0.3) is 0 Å². The number of aliphatic imine (C=N–C) groups is 1. The molecule has 198 valence electrons. The topological polar surface area (TPSA) is 112 Å². The molecule has 0 aliphatic carbocycles. The average molecular weight is 525 g/mol. The Balaban J connectivity index is 1.13. The largest absolute Gasteiger partial charge is 0.478 e. The van der Waals surface area contributed by atoms with E-state index in [1.807, 2.05) is 41.3 Å². The maximum atomic E-state index is 12.8. The summed E-state index contributed by atoms with van der Waals surface area (Å²) in [6.45, 7) is 1.74. The number of benzene rings is 3. The van der Waals surface area contributed by atoms with E-state index in [0.717, 1.165) is 22.8 Å². The highest BCUT2D eigenvalue weighted by molar-refractivity contribution is 5.96. The number of hydrogen-bond donors (Lipinski definition) is 2. The van der Waals surface area contributed by atoms with Crippen LogP contribution in [0.15, 0.2) is 95.8 Å². The number of amidine groups is 1. The van der Waals surface area contributed by atoms with E-state index < -0.39 is 5.97 Å². The standard InChI is InChI=1S/C30H28N4O5/c35-28-20-33(15-16-34(28)19-21-5-4-6-23(17-21)30(37)38)27-14-11-24(18-31-27)32-29(36)22-9-12-26(13-10-22)39-25-7-2-1-3-8-25/h1-10,12-13,17-18H,11,14-16,19-20H2,(H,32,36)(H,37,38). The third kappa shape index (κ3) is 6.51. The van der Waals surface area contributed by atoms with Gasteiger partial charge in [-0.3, -0.25) is 9.59 Å². The summed E-state index contributed by atoms with van der Waals surface area (Å²) < 4.78 is 5.78. The Morgan fingerprint density at radius 3 is 2.36 bits per heavy atom. The minimum atomic E-state index is -0.988. The van der Waals surface area contributed by atoms with Crippen molar-refractivity contribution in [3.05, 3.63) is 107 Å². The van der Waals surface area contributed by atoms with Gasteiger partial charge in [-0.05, 0) is 60.5 Å². The van der Waals surface area contributed by atoms with Gasteiger partial charge in [0, 0.05) is 43.5 Å². The van der Waals surface area contributed by atoms with Crippen molar-refractivity contribution in [1.29, 1.82) is 0 Å². The zero-order valence-electron chi connectivity index (χ0n) is 21.2. The van der Waals surface area contributed by atoms with Crippen LogP contribution in [0, 0.1) is 0 Å². The van der Waals surface area contributed by atoms with E-state index in [0.29, 0.717) is 43.8 Å². The first kappa shape index (κ1) is 25.7. The van der Waals surface area contributed by atoms with Crippen molar-refractivity contribution < 1.29 is 24.2 Å². The summed E-state index contributed by atoms with van der Waals surface area (Å²) in [5.41, 5.74) is 2.23. The summed E-state index contributed by atoms with van der Waals surface area (Å²) in [7, 11) is 0. The summed E-state index contributed by atoms with van der Waals surface area (Å²) >= 11 is 0. The third-order valence-electron chi connectivity index (χ3n) is 6.59. The van der Waals surface area contributed by atoms with Crippen molar-refractivity contribution in [3.8, 4) is 11.5 Å². The van der Waals surface area contributed by atoms with Crippen molar-refractivity contribution in [2.45, 2.75) is 19.4 Å². The highest BCUT2D eigenvalue weighted by Gasteiger charge is 2.27. The average Bonchev–Trinajstić information content (AvgIpc) is 2.95. The third-order valence-corrected chi connectivity index (χ3v) is 6.59. The summed E-state index contributed by atoms with van der Waals surface area (Å²) in [6, 6.07) is 23.0.